The number of allylic oxidation sites excluding steroid dienone is 1. The van der Waals surface area contributed by atoms with Gasteiger partial charge in [-0.3, -0.25) is 14.7 Å². The van der Waals surface area contributed by atoms with Crippen molar-refractivity contribution >= 4 is 33.3 Å². The highest BCUT2D eigenvalue weighted by Crippen LogP contribution is 2.40. The van der Waals surface area contributed by atoms with E-state index in [0.29, 0.717) is 5.75 Å². The minimum atomic E-state index is -4.10. The predicted molar refractivity (Wildman–Crippen MR) is 148 cm³/mol. The fraction of sp³-hybridized carbons (Fsp3) is 0.185. The molecule has 0 aliphatic rings. The van der Waals surface area contributed by atoms with Crippen LogP contribution in [0.4, 0.5) is 0 Å². The summed E-state index contributed by atoms with van der Waals surface area (Å²) in [6, 6.07) is 19.1. The van der Waals surface area contributed by atoms with Gasteiger partial charge in [0.15, 0.2) is 5.78 Å². The fourth-order valence-electron chi connectivity index (χ4n) is 3.55. The van der Waals surface area contributed by atoms with E-state index >= 15 is 0 Å². The second-order valence-electron chi connectivity index (χ2n) is 8.44. The van der Waals surface area contributed by atoms with Crippen molar-refractivity contribution in [1.29, 1.82) is 0 Å². The van der Waals surface area contributed by atoms with Crippen molar-refractivity contribution in [1.82, 2.24) is 15.3 Å². The predicted octanol–water partition coefficient (Wildman–Crippen LogP) is 4.25. The van der Waals surface area contributed by atoms with E-state index in [9.17, 15) is 18.3 Å². The minimum Gasteiger partial charge on any atom is -0.489 e. The largest absolute Gasteiger partial charge is 0.489 e. The zero-order valence-corrected chi connectivity index (χ0v) is 22.1. The summed E-state index contributed by atoms with van der Waals surface area (Å²) in [5, 5.41) is 13.3. The van der Waals surface area contributed by atoms with Crippen LogP contribution in [0.25, 0.3) is 38.5 Å². The number of nitrogens with one attached hydrogen (secondary N) is 2. The van der Waals surface area contributed by atoms with Crippen LogP contribution in [0, 0.1) is 0 Å². The van der Waals surface area contributed by atoms with E-state index in [1.165, 1.54) is 13.0 Å². The molecule has 11 heteroatoms. The number of hydrogen-bond acceptors (Lipinski definition) is 8. The lowest BCUT2D eigenvalue weighted by molar-refractivity contribution is -0.112. The van der Waals surface area contributed by atoms with Gasteiger partial charge in [0.05, 0.1) is 22.0 Å². The zero-order chi connectivity index (χ0) is 27.1. The van der Waals surface area contributed by atoms with Crippen molar-refractivity contribution in [2.45, 2.75) is 13.2 Å². The number of benzene rings is 2. The minimum absolute atomic E-state index is 0.00948. The van der Waals surface area contributed by atoms with Gasteiger partial charge in [0, 0.05) is 18.3 Å². The molecule has 38 heavy (non-hydrogen) atoms. The van der Waals surface area contributed by atoms with Crippen molar-refractivity contribution in [3.63, 3.8) is 0 Å². The molecule has 2 aromatic heterocycles. The Kier molecular flexibility index (Phi) is 8.87. The van der Waals surface area contributed by atoms with Crippen molar-refractivity contribution in [2.24, 2.45) is 0 Å². The summed E-state index contributed by atoms with van der Waals surface area (Å²) in [5.41, 5.74) is 4.53. The first kappa shape index (κ1) is 27.4. The molecule has 0 aliphatic heterocycles. The number of hydrogen-bond donors (Lipinski definition) is 4. The normalized spacial score (nSPS) is 12.6. The van der Waals surface area contributed by atoms with Gasteiger partial charge in [-0.2, -0.15) is 8.42 Å². The summed E-state index contributed by atoms with van der Waals surface area (Å²) in [6.45, 7) is 1.31. The lowest BCUT2D eigenvalue weighted by Crippen LogP contribution is -2.37. The number of H-pyrrole nitrogens is 1. The summed E-state index contributed by atoms with van der Waals surface area (Å²) in [6.07, 6.45) is 4.07. The number of ether oxygens (including phenoxy) is 1. The van der Waals surface area contributed by atoms with E-state index in [1.54, 1.807) is 29.5 Å². The Morgan fingerprint density at radius 3 is 2.47 bits per heavy atom. The molecular formula is C27H27N3O6S2. The Balaban J connectivity index is 1.52. The van der Waals surface area contributed by atoms with Crippen LogP contribution in [-0.2, 0) is 14.9 Å². The van der Waals surface area contributed by atoms with E-state index in [0.717, 1.165) is 38.0 Å². The zero-order valence-electron chi connectivity index (χ0n) is 20.5. The van der Waals surface area contributed by atoms with Gasteiger partial charge in [-0.05, 0) is 60.5 Å². The first-order valence-corrected chi connectivity index (χ1v) is 14.1. The molecule has 0 radical (unpaired) electrons. The molecule has 2 aromatic carbocycles. The SMILES string of the molecule is CC(=O)C=Cc1ccc(-c2sc(-c3ccc[nH]3)nc2-c2ccc(OCC(O)NCCS(=O)(=O)O)cc2)cc1. The van der Waals surface area contributed by atoms with Crippen molar-refractivity contribution in [2.75, 3.05) is 18.9 Å². The maximum absolute atomic E-state index is 11.2. The van der Waals surface area contributed by atoms with Crippen LogP contribution in [0.5, 0.6) is 5.75 Å². The van der Waals surface area contributed by atoms with Crippen LogP contribution < -0.4 is 10.1 Å². The first-order chi connectivity index (χ1) is 18.2. The lowest BCUT2D eigenvalue weighted by atomic mass is 10.0. The van der Waals surface area contributed by atoms with Gasteiger partial charge in [0.1, 0.15) is 23.6 Å². The van der Waals surface area contributed by atoms with Crippen LogP contribution in [0.2, 0.25) is 0 Å². The second-order valence-corrected chi connectivity index (χ2v) is 11.0. The van der Waals surface area contributed by atoms with Crippen molar-refractivity contribution in [3.05, 3.63) is 78.5 Å². The van der Waals surface area contributed by atoms with Crippen LogP contribution in [0.15, 0.2) is 72.9 Å². The quantitative estimate of drug-likeness (QED) is 0.116. The molecule has 4 rings (SSSR count). The van der Waals surface area contributed by atoms with Gasteiger partial charge in [-0.25, -0.2) is 4.98 Å². The second kappa shape index (κ2) is 12.3. The maximum atomic E-state index is 11.2. The van der Waals surface area contributed by atoms with Crippen LogP contribution >= 0.6 is 11.3 Å². The molecule has 4 aromatic rings. The monoisotopic (exact) mass is 553 g/mol. The Labute approximate surface area is 224 Å². The number of carbonyl (C=O) groups is 1. The molecule has 0 saturated heterocycles. The molecule has 0 saturated carbocycles. The van der Waals surface area contributed by atoms with Gasteiger partial charge >= 0.3 is 0 Å². The fourth-order valence-corrected chi connectivity index (χ4v) is 5.00. The molecule has 1 atom stereocenters. The summed E-state index contributed by atoms with van der Waals surface area (Å²) < 4.78 is 35.9. The third-order valence-corrected chi connectivity index (χ3v) is 7.27. The Bertz CT molecular complexity index is 1490. The molecule has 0 spiro atoms. The van der Waals surface area contributed by atoms with Crippen LogP contribution in [0.1, 0.15) is 12.5 Å². The number of nitrogens with zero attached hydrogens (tertiary/aromatic N) is 1. The first-order valence-electron chi connectivity index (χ1n) is 11.7. The van der Waals surface area contributed by atoms with E-state index in [2.05, 4.69) is 10.3 Å². The topological polar surface area (TPSA) is 142 Å². The van der Waals surface area contributed by atoms with Gasteiger partial charge in [0.25, 0.3) is 10.1 Å². The average Bonchev–Trinajstić information content (AvgIpc) is 3.57. The Morgan fingerprint density at radius 2 is 1.84 bits per heavy atom. The smallest absolute Gasteiger partial charge is 0.266 e. The maximum Gasteiger partial charge on any atom is 0.266 e. The molecule has 4 N–H and O–H groups in total. The van der Waals surface area contributed by atoms with Gasteiger partial charge in [0.2, 0.25) is 0 Å². The molecule has 0 amide bonds. The molecule has 9 nitrogen and oxygen atoms in total. The number of ketones is 1. The van der Waals surface area contributed by atoms with Gasteiger partial charge < -0.3 is 14.8 Å². The molecule has 2 heterocycles. The van der Waals surface area contributed by atoms with Gasteiger partial charge in [-0.1, -0.05) is 30.3 Å². The summed E-state index contributed by atoms with van der Waals surface area (Å²) in [5.74, 6) is 0.00829. The average molecular weight is 554 g/mol. The van der Waals surface area contributed by atoms with Gasteiger partial charge in [-0.15, -0.1) is 11.3 Å². The third-order valence-electron chi connectivity index (χ3n) is 5.41. The highest BCUT2D eigenvalue weighted by molar-refractivity contribution is 7.85. The summed E-state index contributed by atoms with van der Waals surface area (Å²) >= 11 is 1.57. The molecule has 0 fully saturated rings. The summed E-state index contributed by atoms with van der Waals surface area (Å²) in [4.78, 5) is 20.3. The highest BCUT2D eigenvalue weighted by Gasteiger charge is 2.17. The van der Waals surface area contributed by atoms with E-state index in [4.69, 9.17) is 14.3 Å². The standard InChI is InChI=1S/C27H27N3O6S2/c1-18(31)4-5-19-6-8-21(9-7-19)26-25(30-27(37-26)23-3-2-14-28-23)20-10-12-22(13-11-20)36-17-24(32)29-15-16-38(33,34)35/h2-14,24,28-29,32H,15-17H2,1H3,(H,33,34,35). The van der Waals surface area contributed by atoms with E-state index in [1.807, 2.05) is 54.7 Å². The van der Waals surface area contributed by atoms with Crippen molar-refractivity contribution in [3.8, 4) is 38.1 Å². The number of aromatic amines is 1. The van der Waals surface area contributed by atoms with Crippen LogP contribution in [-0.4, -0.2) is 59.0 Å². The number of aliphatic hydroxyl groups is 1. The lowest BCUT2D eigenvalue weighted by Gasteiger charge is -2.14. The van der Waals surface area contributed by atoms with Crippen molar-refractivity contribution < 1.29 is 27.6 Å². The number of rotatable bonds is 12. The number of aromatic nitrogens is 2. The van der Waals surface area contributed by atoms with E-state index < -0.39 is 22.1 Å². The summed E-state index contributed by atoms with van der Waals surface area (Å²) in [7, 11) is -4.10. The Morgan fingerprint density at radius 1 is 1.13 bits per heavy atom. The third kappa shape index (κ3) is 7.70. The number of carbonyl (C=O) groups excluding carboxylic acids is 1. The number of aliphatic hydroxyl groups excluding tert-OH is 1. The molecule has 1 unspecified atom stereocenters. The molecule has 198 valence electrons. The molecule has 0 aliphatic carbocycles. The highest BCUT2D eigenvalue weighted by atomic mass is 32.2. The van der Waals surface area contributed by atoms with E-state index in [-0.39, 0.29) is 18.9 Å². The number of thiazole rings is 1. The van der Waals surface area contributed by atoms with Crippen LogP contribution in [0.3, 0.4) is 0 Å². The Hall–Kier alpha value is -3.61. The molecular weight excluding hydrogens is 526 g/mol. The molecule has 0 bridgehead atoms.